The van der Waals surface area contributed by atoms with Gasteiger partial charge >= 0.3 is 0 Å². The molecule has 1 aliphatic carbocycles. The van der Waals surface area contributed by atoms with Crippen molar-refractivity contribution in [1.29, 1.82) is 0 Å². The number of thioether (sulfide) groups is 1. The second kappa shape index (κ2) is 7.90. The molecule has 1 fully saturated rings. The van der Waals surface area contributed by atoms with Crippen LogP contribution in [0.25, 0.3) is 0 Å². The average Bonchev–Trinajstić information content (AvgIpc) is 3.10. The van der Waals surface area contributed by atoms with Crippen LogP contribution in [0.15, 0.2) is 10.5 Å². The summed E-state index contributed by atoms with van der Waals surface area (Å²) in [6.45, 7) is 5.75. The zero-order valence-corrected chi connectivity index (χ0v) is 15.2. The van der Waals surface area contributed by atoms with Crippen molar-refractivity contribution in [2.45, 2.75) is 51.3 Å². The lowest BCUT2D eigenvalue weighted by Crippen LogP contribution is -2.42. The average molecular weight is 338 g/mol. The van der Waals surface area contributed by atoms with Gasteiger partial charge in [0.25, 0.3) is 5.91 Å². The summed E-state index contributed by atoms with van der Waals surface area (Å²) in [5.74, 6) is 2.10. The van der Waals surface area contributed by atoms with E-state index < -0.39 is 0 Å². The Balaban J connectivity index is 1.82. The number of carbonyl (C=O) groups is 2. The molecule has 0 spiro atoms. The molecule has 0 bridgehead atoms. The molecule has 1 aromatic rings. The molecular weight excluding hydrogens is 312 g/mol. The fraction of sp³-hybridized carbons (Fsp3) is 0.647. The third-order valence-electron chi connectivity index (χ3n) is 4.39. The Kier molecular flexibility index (Phi) is 6.16. The van der Waals surface area contributed by atoms with Crippen molar-refractivity contribution in [3.63, 3.8) is 0 Å². The van der Waals surface area contributed by atoms with Gasteiger partial charge in [0.15, 0.2) is 0 Å². The van der Waals surface area contributed by atoms with Crippen molar-refractivity contribution >= 4 is 23.6 Å². The van der Waals surface area contributed by atoms with E-state index in [4.69, 9.17) is 4.42 Å². The molecule has 2 amide bonds. The third-order valence-corrected chi connectivity index (χ3v) is 5.62. The van der Waals surface area contributed by atoms with E-state index in [-0.39, 0.29) is 18.4 Å². The van der Waals surface area contributed by atoms with Crippen LogP contribution in [0.2, 0.25) is 0 Å². The van der Waals surface area contributed by atoms with Gasteiger partial charge < -0.3 is 14.6 Å². The van der Waals surface area contributed by atoms with Gasteiger partial charge in [0.05, 0.1) is 12.1 Å². The smallest absolute Gasteiger partial charge is 0.255 e. The largest absolute Gasteiger partial charge is 0.466 e. The minimum atomic E-state index is -0.257. The Morgan fingerprint density at radius 1 is 1.39 bits per heavy atom. The number of aryl methyl sites for hydroxylation is 2. The van der Waals surface area contributed by atoms with Crippen molar-refractivity contribution in [3.8, 4) is 0 Å². The van der Waals surface area contributed by atoms with Gasteiger partial charge in [-0.2, -0.15) is 11.8 Å². The molecule has 2 rings (SSSR count). The zero-order chi connectivity index (χ0) is 17.0. The summed E-state index contributed by atoms with van der Waals surface area (Å²) >= 11 is 1.97. The SMILES string of the molecule is CCS[C@H]1CC[C@@H](N(C)C(=O)CNC(=O)c2cc(C)oc2C)C1. The summed E-state index contributed by atoms with van der Waals surface area (Å²) in [6, 6.07) is 1.99. The molecule has 1 heterocycles. The van der Waals surface area contributed by atoms with Crippen LogP contribution in [0.5, 0.6) is 0 Å². The van der Waals surface area contributed by atoms with E-state index in [1.165, 1.54) is 6.42 Å². The Morgan fingerprint density at radius 2 is 2.13 bits per heavy atom. The standard InChI is InChI=1S/C17H26N2O3S/c1-5-23-14-7-6-13(9-14)19(4)16(20)10-18-17(21)15-8-11(2)22-12(15)3/h8,13-14H,5-7,9-10H2,1-4H3,(H,18,21)/t13-,14+/m1/s1. The number of carbonyl (C=O) groups excluding carboxylic acids is 2. The van der Waals surface area contributed by atoms with Gasteiger partial charge in [-0.1, -0.05) is 6.92 Å². The van der Waals surface area contributed by atoms with Crippen LogP contribution < -0.4 is 5.32 Å². The molecule has 0 saturated heterocycles. The number of hydrogen-bond acceptors (Lipinski definition) is 4. The van der Waals surface area contributed by atoms with Crippen LogP contribution in [-0.4, -0.2) is 47.4 Å². The van der Waals surface area contributed by atoms with E-state index in [0.717, 1.165) is 18.6 Å². The Bertz CT molecular complexity index is 570. The monoisotopic (exact) mass is 338 g/mol. The molecule has 0 radical (unpaired) electrons. The molecule has 0 aliphatic heterocycles. The lowest BCUT2D eigenvalue weighted by Gasteiger charge is -2.24. The van der Waals surface area contributed by atoms with E-state index in [2.05, 4.69) is 12.2 Å². The van der Waals surface area contributed by atoms with Crippen LogP contribution in [0.3, 0.4) is 0 Å². The predicted molar refractivity (Wildman–Crippen MR) is 92.8 cm³/mol. The molecule has 23 heavy (non-hydrogen) atoms. The highest BCUT2D eigenvalue weighted by Gasteiger charge is 2.29. The first-order valence-electron chi connectivity index (χ1n) is 8.14. The highest BCUT2D eigenvalue weighted by atomic mass is 32.2. The first-order chi connectivity index (χ1) is 10.9. The van der Waals surface area contributed by atoms with Crippen LogP contribution in [0.4, 0.5) is 0 Å². The highest BCUT2D eigenvalue weighted by molar-refractivity contribution is 7.99. The Labute approximate surface area is 142 Å². The fourth-order valence-electron chi connectivity index (χ4n) is 3.09. The highest BCUT2D eigenvalue weighted by Crippen LogP contribution is 2.32. The van der Waals surface area contributed by atoms with E-state index in [1.54, 1.807) is 24.8 Å². The molecule has 128 valence electrons. The second-order valence-electron chi connectivity index (χ2n) is 6.06. The Hall–Kier alpha value is -1.43. The maximum Gasteiger partial charge on any atom is 0.255 e. The molecule has 1 aliphatic rings. The molecule has 5 nitrogen and oxygen atoms in total. The number of likely N-dealkylation sites (N-methyl/N-ethyl adjacent to an activating group) is 1. The quantitative estimate of drug-likeness (QED) is 0.866. The Morgan fingerprint density at radius 3 is 2.74 bits per heavy atom. The molecule has 1 aromatic heterocycles. The lowest BCUT2D eigenvalue weighted by molar-refractivity contribution is -0.130. The van der Waals surface area contributed by atoms with Crippen LogP contribution in [0, 0.1) is 13.8 Å². The first-order valence-corrected chi connectivity index (χ1v) is 9.19. The molecule has 2 atom stereocenters. The maximum absolute atomic E-state index is 12.3. The number of hydrogen-bond donors (Lipinski definition) is 1. The van der Waals surface area contributed by atoms with E-state index >= 15 is 0 Å². The molecule has 6 heteroatoms. The summed E-state index contributed by atoms with van der Waals surface area (Å²) < 4.78 is 5.35. The normalized spacial score (nSPS) is 20.5. The lowest BCUT2D eigenvalue weighted by atomic mass is 10.2. The maximum atomic E-state index is 12.3. The molecule has 0 unspecified atom stereocenters. The summed E-state index contributed by atoms with van der Waals surface area (Å²) in [5.41, 5.74) is 0.498. The van der Waals surface area contributed by atoms with Gasteiger partial charge in [0.1, 0.15) is 11.5 Å². The van der Waals surface area contributed by atoms with Crippen molar-refractivity contribution in [1.82, 2.24) is 10.2 Å². The zero-order valence-electron chi connectivity index (χ0n) is 14.3. The summed E-state index contributed by atoms with van der Waals surface area (Å²) in [7, 11) is 1.84. The number of furan rings is 1. The van der Waals surface area contributed by atoms with Gasteiger partial charge in [-0.3, -0.25) is 9.59 Å². The summed E-state index contributed by atoms with van der Waals surface area (Å²) in [6.07, 6.45) is 3.27. The third kappa shape index (κ3) is 4.53. The summed E-state index contributed by atoms with van der Waals surface area (Å²) in [4.78, 5) is 26.2. The molecule has 0 aromatic carbocycles. The number of rotatable bonds is 6. The van der Waals surface area contributed by atoms with Gasteiger partial charge in [-0.15, -0.1) is 0 Å². The van der Waals surface area contributed by atoms with E-state index in [0.29, 0.717) is 28.4 Å². The summed E-state index contributed by atoms with van der Waals surface area (Å²) in [5, 5.41) is 3.36. The van der Waals surface area contributed by atoms with Crippen LogP contribution >= 0.6 is 11.8 Å². The second-order valence-corrected chi connectivity index (χ2v) is 7.64. The first kappa shape index (κ1) is 17.9. The number of amides is 2. The predicted octanol–water partition coefficient (Wildman–Crippen LogP) is 2.76. The van der Waals surface area contributed by atoms with Crippen molar-refractivity contribution < 1.29 is 14.0 Å². The minimum absolute atomic E-state index is 0.0289. The van der Waals surface area contributed by atoms with Gasteiger partial charge in [0, 0.05) is 18.3 Å². The van der Waals surface area contributed by atoms with E-state index in [1.807, 2.05) is 18.8 Å². The molecule has 1 N–H and O–H groups in total. The van der Waals surface area contributed by atoms with E-state index in [9.17, 15) is 9.59 Å². The number of nitrogens with zero attached hydrogens (tertiary/aromatic N) is 1. The minimum Gasteiger partial charge on any atom is -0.466 e. The number of nitrogens with one attached hydrogen (secondary N) is 1. The van der Waals surface area contributed by atoms with Crippen LogP contribution in [-0.2, 0) is 4.79 Å². The van der Waals surface area contributed by atoms with Crippen molar-refractivity contribution in [3.05, 3.63) is 23.2 Å². The molecule has 1 saturated carbocycles. The van der Waals surface area contributed by atoms with Crippen molar-refractivity contribution in [2.24, 2.45) is 0 Å². The van der Waals surface area contributed by atoms with Crippen molar-refractivity contribution in [2.75, 3.05) is 19.3 Å². The topological polar surface area (TPSA) is 62.6 Å². The van der Waals surface area contributed by atoms with Gasteiger partial charge in [0.2, 0.25) is 5.91 Å². The van der Waals surface area contributed by atoms with Gasteiger partial charge in [-0.25, -0.2) is 0 Å². The fourth-order valence-corrected chi connectivity index (χ4v) is 4.22. The van der Waals surface area contributed by atoms with Crippen LogP contribution in [0.1, 0.15) is 48.1 Å². The van der Waals surface area contributed by atoms with Gasteiger partial charge in [-0.05, 0) is 44.9 Å². The molecular formula is C17H26N2O3S.